The first-order valence-corrected chi connectivity index (χ1v) is 6.23. The Labute approximate surface area is 112 Å². The van der Waals surface area contributed by atoms with Crippen LogP contribution < -0.4 is 10.6 Å². The molecule has 1 unspecified atom stereocenters. The third-order valence-electron chi connectivity index (χ3n) is 2.83. The van der Waals surface area contributed by atoms with Gasteiger partial charge in [-0.15, -0.1) is 0 Å². The third-order valence-corrected chi connectivity index (χ3v) is 2.83. The van der Waals surface area contributed by atoms with Gasteiger partial charge in [0, 0.05) is 25.5 Å². The Morgan fingerprint density at radius 2 is 2.21 bits per heavy atom. The summed E-state index contributed by atoms with van der Waals surface area (Å²) in [6.07, 6.45) is 6.16. The second-order valence-electron chi connectivity index (χ2n) is 4.57. The first kappa shape index (κ1) is 15.0. The molecule has 19 heavy (non-hydrogen) atoms. The molecule has 0 bridgehead atoms. The quantitative estimate of drug-likeness (QED) is 0.682. The van der Waals surface area contributed by atoms with Crippen LogP contribution in [0.4, 0.5) is 4.79 Å². The molecule has 1 aromatic heterocycles. The maximum atomic E-state index is 11.7. The number of carboxylic acid groups (broad SMARTS) is 1. The van der Waals surface area contributed by atoms with Crippen LogP contribution in [0, 0.1) is 0 Å². The van der Waals surface area contributed by atoms with Gasteiger partial charge in [-0.2, -0.15) is 0 Å². The maximum Gasteiger partial charge on any atom is 0.329 e. The van der Waals surface area contributed by atoms with Gasteiger partial charge in [0.25, 0.3) is 0 Å². The molecule has 7 nitrogen and oxygen atoms in total. The number of rotatable bonds is 7. The van der Waals surface area contributed by atoms with Crippen LogP contribution in [0.25, 0.3) is 0 Å². The molecule has 0 aliphatic carbocycles. The molecule has 0 aliphatic heterocycles. The van der Waals surface area contributed by atoms with Gasteiger partial charge < -0.3 is 20.3 Å². The van der Waals surface area contributed by atoms with Crippen molar-refractivity contribution >= 4 is 12.0 Å². The summed E-state index contributed by atoms with van der Waals surface area (Å²) in [5, 5.41) is 14.3. The predicted molar refractivity (Wildman–Crippen MR) is 69.7 cm³/mol. The number of carboxylic acids is 1. The van der Waals surface area contributed by atoms with Gasteiger partial charge in [0.05, 0.1) is 6.33 Å². The van der Waals surface area contributed by atoms with Gasteiger partial charge in [-0.1, -0.05) is 13.3 Å². The minimum atomic E-state index is -1.23. The van der Waals surface area contributed by atoms with E-state index in [4.69, 9.17) is 5.11 Å². The summed E-state index contributed by atoms with van der Waals surface area (Å²) in [6, 6.07) is -0.474. The molecule has 1 aromatic rings. The number of aromatic nitrogens is 2. The zero-order valence-electron chi connectivity index (χ0n) is 11.2. The van der Waals surface area contributed by atoms with Crippen LogP contribution in [-0.4, -0.2) is 38.7 Å². The molecule has 3 N–H and O–H groups in total. The standard InChI is InChI=1S/C12H20N4O3/c1-3-4-12(2,10(17)18)15-11(19)14-6-8-16-7-5-13-9-16/h5,7,9H,3-4,6,8H2,1-2H3,(H,17,18)(H2,14,15,19). The van der Waals surface area contributed by atoms with Crippen LogP contribution in [-0.2, 0) is 11.3 Å². The highest BCUT2D eigenvalue weighted by Gasteiger charge is 2.33. The molecule has 1 atom stereocenters. The number of carbonyl (C=O) groups excluding carboxylic acids is 1. The highest BCUT2D eigenvalue weighted by molar-refractivity contribution is 5.85. The molecule has 0 aliphatic rings. The van der Waals surface area contributed by atoms with Crippen molar-refractivity contribution in [3.8, 4) is 0 Å². The lowest BCUT2D eigenvalue weighted by atomic mass is 9.97. The average Bonchev–Trinajstić information content (AvgIpc) is 2.82. The van der Waals surface area contributed by atoms with Crippen LogP contribution in [0.5, 0.6) is 0 Å². The highest BCUT2D eigenvalue weighted by atomic mass is 16.4. The number of aliphatic carboxylic acids is 1. The van der Waals surface area contributed by atoms with E-state index in [1.807, 2.05) is 11.5 Å². The van der Waals surface area contributed by atoms with E-state index in [9.17, 15) is 9.59 Å². The first-order valence-electron chi connectivity index (χ1n) is 6.23. The second-order valence-corrected chi connectivity index (χ2v) is 4.57. The molecule has 0 aromatic carbocycles. The molecular weight excluding hydrogens is 248 g/mol. The zero-order chi connectivity index (χ0) is 14.3. The van der Waals surface area contributed by atoms with E-state index in [1.54, 1.807) is 18.7 Å². The Bertz CT molecular complexity index is 419. The lowest BCUT2D eigenvalue weighted by Crippen LogP contribution is -2.55. The van der Waals surface area contributed by atoms with Crippen molar-refractivity contribution in [2.75, 3.05) is 6.54 Å². The van der Waals surface area contributed by atoms with E-state index in [0.29, 0.717) is 25.9 Å². The number of imidazole rings is 1. The Hall–Kier alpha value is -2.05. The van der Waals surface area contributed by atoms with Gasteiger partial charge in [0.1, 0.15) is 5.54 Å². The Morgan fingerprint density at radius 1 is 1.47 bits per heavy atom. The fourth-order valence-electron chi connectivity index (χ4n) is 1.74. The molecule has 7 heteroatoms. The molecule has 0 saturated heterocycles. The monoisotopic (exact) mass is 268 g/mol. The summed E-state index contributed by atoms with van der Waals surface area (Å²) in [7, 11) is 0. The molecule has 1 rings (SSSR count). The minimum Gasteiger partial charge on any atom is -0.480 e. The highest BCUT2D eigenvalue weighted by Crippen LogP contribution is 2.12. The van der Waals surface area contributed by atoms with Gasteiger partial charge >= 0.3 is 12.0 Å². The number of nitrogens with zero attached hydrogens (tertiary/aromatic N) is 2. The summed E-state index contributed by atoms with van der Waals surface area (Å²) >= 11 is 0. The Morgan fingerprint density at radius 3 is 2.74 bits per heavy atom. The van der Waals surface area contributed by atoms with Crippen molar-refractivity contribution in [2.24, 2.45) is 0 Å². The predicted octanol–water partition coefficient (Wildman–Crippen LogP) is 0.826. The van der Waals surface area contributed by atoms with Crippen molar-refractivity contribution < 1.29 is 14.7 Å². The first-order chi connectivity index (χ1) is 8.98. The molecule has 106 valence electrons. The number of urea groups is 1. The van der Waals surface area contributed by atoms with Crippen LogP contribution in [0.1, 0.15) is 26.7 Å². The fraction of sp³-hybridized carbons (Fsp3) is 0.583. The van der Waals surface area contributed by atoms with Crippen molar-refractivity contribution in [3.05, 3.63) is 18.7 Å². The largest absolute Gasteiger partial charge is 0.480 e. The van der Waals surface area contributed by atoms with E-state index >= 15 is 0 Å². The summed E-state index contributed by atoms with van der Waals surface area (Å²) in [5.41, 5.74) is -1.23. The molecule has 0 fully saturated rings. The van der Waals surface area contributed by atoms with E-state index < -0.39 is 17.5 Å². The molecule has 0 saturated carbocycles. The third kappa shape index (κ3) is 4.61. The van der Waals surface area contributed by atoms with Crippen LogP contribution in [0.15, 0.2) is 18.7 Å². The smallest absolute Gasteiger partial charge is 0.329 e. The van der Waals surface area contributed by atoms with Crippen molar-refractivity contribution in [1.82, 2.24) is 20.2 Å². The second kappa shape index (κ2) is 6.77. The van der Waals surface area contributed by atoms with Crippen LogP contribution in [0.2, 0.25) is 0 Å². The molecule has 2 amide bonds. The number of carbonyl (C=O) groups is 2. The summed E-state index contributed by atoms with van der Waals surface area (Å²) in [4.78, 5) is 26.7. The van der Waals surface area contributed by atoms with E-state index in [0.717, 1.165) is 0 Å². The average molecular weight is 268 g/mol. The molecule has 1 heterocycles. The molecular formula is C12H20N4O3. The number of hydrogen-bond donors (Lipinski definition) is 3. The van der Waals surface area contributed by atoms with E-state index in [2.05, 4.69) is 15.6 Å². The topological polar surface area (TPSA) is 96.3 Å². The summed E-state index contributed by atoms with van der Waals surface area (Å²) < 4.78 is 1.82. The molecule has 0 spiro atoms. The maximum absolute atomic E-state index is 11.7. The Kier molecular flexibility index (Phi) is 5.35. The normalized spacial score (nSPS) is 13.6. The summed E-state index contributed by atoms with van der Waals surface area (Å²) in [6.45, 7) is 4.38. The Balaban J connectivity index is 2.38. The van der Waals surface area contributed by atoms with Gasteiger partial charge in [-0.25, -0.2) is 14.6 Å². The fourth-order valence-corrected chi connectivity index (χ4v) is 1.74. The lowest BCUT2D eigenvalue weighted by Gasteiger charge is -2.25. The lowest BCUT2D eigenvalue weighted by molar-refractivity contribution is -0.144. The van der Waals surface area contributed by atoms with Gasteiger partial charge in [0.15, 0.2) is 0 Å². The van der Waals surface area contributed by atoms with Gasteiger partial charge in [-0.05, 0) is 13.3 Å². The SMILES string of the molecule is CCCC(C)(NC(=O)NCCn1ccnc1)C(=O)O. The van der Waals surface area contributed by atoms with Gasteiger partial charge in [0.2, 0.25) is 0 Å². The number of nitrogens with one attached hydrogen (secondary N) is 2. The minimum absolute atomic E-state index is 0.386. The van der Waals surface area contributed by atoms with Crippen LogP contribution in [0.3, 0.4) is 0 Å². The van der Waals surface area contributed by atoms with Gasteiger partial charge in [-0.3, -0.25) is 0 Å². The summed E-state index contributed by atoms with van der Waals surface area (Å²) in [5.74, 6) is -1.03. The number of hydrogen-bond acceptors (Lipinski definition) is 3. The van der Waals surface area contributed by atoms with Crippen molar-refractivity contribution in [3.63, 3.8) is 0 Å². The molecule has 0 radical (unpaired) electrons. The van der Waals surface area contributed by atoms with Crippen molar-refractivity contribution in [1.29, 1.82) is 0 Å². The van der Waals surface area contributed by atoms with E-state index in [-0.39, 0.29) is 0 Å². The number of amides is 2. The van der Waals surface area contributed by atoms with Crippen LogP contribution >= 0.6 is 0 Å². The van der Waals surface area contributed by atoms with Crippen molar-refractivity contribution in [2.45, 2.75) is 38.8 Å². The van der Waals surface area contributed by atoms with E-state index in [1.165, 1.54) is 6.92 Å². The zero-order valence-corrected chi connectivity index (χ0v) is 11.2.